The number of carbonyl (C=O) groups excluding carboxylic acids is 2. The molecule has 12 nitrogen and oxygen atoms in total. The van der Waals surface area contributed by atoms with E-state index in [0.29, 0.717) is 12.8 Å². The summed E-state index contributed by atoms with van der Waals surface area (Å²) in [6, 6.07) is 0. The average Bonchev–Trinajstić information content (AvgIpc) is 2.38. The molecule has 0 saturated heterocycles. The highest BCUT2D eigenvalue weighted by Gasteiger charge is 2.16. The maximum atomic E-state index is 11.4. The molecule has 0 rings (SSSR count). The van der Waals surface area contributed by atoms with Crippen LogP contribution < -0.4 is 0 Å². The smallest absolute Gasteiger partial charge is 0.308 e. The molecule has 0 aromatic rings. The number of rotatable bonds is 12. The summed E-state index contributed by atoms with van der Waals surface area (Å²) in [7, 11) is 0. The Balaban J connectivity index is 3.94. The summed E-state index contributed by atoms with van der Waals surface area (Å²) in [5.74, 6) is -1.13. The lowest BCUT2D eigenvalue weighted by Gasteiger charge is -2.19. The van der Waals surface area contributed by atoms with Crippen molar-refractivity contribution in [1.82, 2.24) is 10.8 Å². The van der Waals surface area contributed by atoms with E-state index < -0.39 is 35.1 Å². The van der Waals surface area contributed by atoms with E-state index in [-0.39, 0.29) is 19.4 Å². The van der Waals surface area contributed by atoms with Gasteiger partial charge in [0, 0.05) is 20.3 Å². The van der Waals surface area contributed by atoms with Crippen LogP contribution in [0.5, 0.6) is 0 Å². The Morgan fingerprint density at radius 3 is 2.22 bits per heavy atom. The zero-order valence-electron chi connectivity index (χ0n) is 12.8. The molecule has 4 N–H and O–H groups in total. The molecule has 0 spiro atoms. The van der Waals surface area contributed by atoms with E-state index in [9.17, 15) is 9.59 Å². The third-order valence-corrected chi connectivity index (χ3v) is 2.41. The zero-order chi connectivity index (χ0) is 17.8. The summed E-state index contributed by atoms with van der Waals surface area (Å²) in [6.07, 6.45) is -0.810. The Labute approximate surface area is 132 Å². The van der Waals surface area contributed by atoms with E-state index in [2.05, 4.69) is 14.4 Å². The van der Waals surface area contributed by atoms with Crippen LogP contribution in [-0.2, 0) is 28.7 Å². The second kappa shape index (κ2) is 12.1. The van der Waals surface area contributed by atoms with Gasteiger partial charge in [0.1, 0.15) is 12.7 Å². The second-order valence-corrected chi connectivity index (χ2v) is 4.44. The molecule has 0 amide bonds. The molecule has 23 heavy (non-hydrogen) atoms. The molecule has 12 heteroatoms. The highest BCUT2D eigenvalue weighted by molar-refractivity contribution is 5.70. The van der Waals surface area contributed by atoms with Gasteiger partial charge in [-0.25, -0.2) is 9.68 Å². The molecule has 0 radical (unpaired) electrons. The van der Waals surface area contributed by atoms with E-state index in [1.165, 1.54) is 13.8 Å². The highest BCUT2D eigenvalue weighted by Crippen LogP contribution is 2.10. The van der Waals surface area contributed by atoms with Gasteiger partial charge < -0.3 is 9.47 Å². The Kier molecular flexibility index (Phi) is 11.4. The van der Waals surface area contributed by atoms with Gasteiger partial charge in [0.25, 0.3) is 0 Å². The summed E-state index contributed by atoms with van der Waals surface area (Å²) in [4.78, 5) is 30.9. The summed E-state index contributed by atoms with van der Waals surface area (Å²) in [5, 5.41) is 32.9. The largest absolute Gasteiger partial charge is 0.426 e. The van der Waals surface area contributed by atoms with Crippen molar-refractivity contribution >= 4 is 11.9 Å². The van der Waals surface area contributed by atoms with Gasteiger partial charge in [-0.15, -0.1) is 0 Å². The van der Waals surface area contributed by atoms with E-state index in [1.54, 1.807) is 0 Å². The van der Waals surface area contributed by atoms with Gasteiger partial charge in [-0.3, -0.25) is 30.4 Å². The molecule has 0 fully saturated rings. The third kappa shape index (κ3) is 14.0. The molecule has 0 heterocycles. The van der Waals surface area contributed by atoms with Crippen LogP contribution in [-0.4, -0.2) is 62.5 Å². The van der Waals surface area contributed by atoms with Crippen molar-refractivity contribution in [2.75, 3.05) is 6.61 Å². The molecule has 0 saturated carbocycles. The fourth-order valence-electron chi connectivity index (χ4n) is 1.59. The first kappa shape index (κ1) is 21.6. The van der Waals surface area contributed by atoms with Crippen molar-refractivity contribution in [3.63, 3.8) is 0 Å². The average molecular weight is 342 g/mol. The highest BCUT2D eigenvalue weighted by atomic mass is 17.1. The van der Waals surface area contributed by atoms with Gasteiger partial charge in [-0.1, -0.05) is 6.42 Å². The van der Waals surface area contributed by atoms with Crippen molar-refractivity contribution in [3.05, 3.63) is 0 Å². The molecular weight excluding hydrogens is 320 g/mol. The fourth-order valence-corrected chi connectivity index (χ4v) is 1.59. The SMILES string of the molecule is CC(=O)OC(C)OC(=O)CCCCC(CON(O)O)ON(O)O. The van der Waals surface area contributed by atoms with Crippen molar-refractivity contribution in [2.45, 2.75) is 51.9 Å². The lowest BCUT2D eigenvalue weighted by Crippen LogP contribution is -2.31. The van der Waals surface area contributed by atoms with Crippen LogP contribution >= 0.6 is 0 Å². The number of hydrogen-bond acceptors (Lipinski definition) is 12. The predicted octanol–water partition coefficient (Wildman–Crippen LogP) is 0.392. The summed E-state index contributed by atoms with van der Waals surface area (Å²) in [6.45, 7) is 2.23. The molecule has 0 bridgehead atoms. The third-order valence-electron chi connectivity index (χ3n) is 2.41. The van der Waals surface area contributed by atoms with E-state index in [0.717, 1.165) is 0 Å². The molecule has 0 aromatic carbocycles. The predicted molar refractivity (Wildman–Crippen MR) is 67.4 cm³/mol. The van der Waals surface area contributed by atoms with Gasteiger partial charge in [0.15, 0.2) is 0 Å². The van der Waals surface area contributed by atoms with E-state index in [1.807, 2.05) is 0 Å². The van der Waals surface area contributed by atoms with Gasteiger partial charge in [-0.05, 0) is 12.8 Å². The number of carbonyl (C=O) groups is 2. The molecule has 0 aliphatic rings. The monoisotopic (exact) mass is 342 g/mol. The first-order chi connectivity index (χ1) is 10.7. The van der Waals surface area contributed by atoms with Crippen molar-refractivity contribution < 1.29 is 49.6 Å². The first-order valence-corrected chi connectivity index (χ1v) is 6.72. The number of nitrogens with zero attached hydrogens (tertiary/aromatic N) is 2. The Morgan fingerprint density at radius 2 is 1.70 bits per heavy atom. The van der Waals surface area contributed by atoms with Crippen LogP contribution in [0.2, 0.25) is 0 Å². The summed E-state index contributed by atoms with van der Waals surface area (Å²) in [5.41, 5.74) is 0. The maximum absolute atomic E-state index is 11.4. The standard InChI is InChI=1S/C11H22N2O10/c1-8(14)21-9(2)22-11(15)6-4-3-5-10(23-13(18)19)7-20-12(16)17/h9-10,16-19H,3-7H2,1-2H3. The Morgan fingerprint density at radius 1 is 1.04 bits per heavy atom. The minimum absolute atomic E-state index is 0.0489. The van der Waals surface area contributed by atoms with Crippen molar-refractivity contribution in [2.24, 2.45) is 0 Å². The minimum atomic E-state index is -0.970. The molecule has 136 valence electrons. The quantitative estimate of drug-likeness (QED) is 0.167. The number of esters is 2. The number of ether oxygens (including phenoxy) is 2. The van der Waals surface area contributed by atoms with Crippen LogP contribution in [0.4, 0.5) is 0 Å². The lowest BCUT2D eigenvalue weighted by molar-refractivity contribution is -0.527. The van der Waals surface area contributed by atoms with E-state index >= 15 is 0 Å². The fraction of sp³-hybridized carbons (Fsp3) is 0.818. The first-order valence-electron chi connectivity index (χ1n) is 6.72. The lowest BCUT2D eigenvalue weighted by atomic mass is 10.1. The van der Waals surface area contributed by atoms with Crippen LogP contribution in [0.15, 0.2) is 0 Å². The van der Waals surface area contributed by atoms with Crippen LogP contribution in [0.1, 0.15) is 39.5 Å². The maximum Gasteiger partial charge on any atom is 0.308 e. The van der Waals surface area contributed by atoms with Crippen molar-refractivity contribution in [1.29, 1.82) is 0 Å². The summed E-state index contributed by atoms with van der Waals surface area (Å²) >= 11 is 0. The van der Waals surface area contributed by atoms with E-state index in [4.69, 9.17) is 25.6 Å². The minimum Gasteiger partial charge on any atom is -0.426 e. The van der Waals surface area contributed by atoms with Crippen LogP contribution in [0, 0.1) is 0 Å². The molecular formula is C11H22N2O10. The second-order valence-electron chi connectivity index (χ2n) is 4.44. The molecule has 2 unspecified atom stereocenters. The molecule has 2 atom stereocenters. The number of hydrogen-bond donors (Lipinski definition) is 4. The van der Waals surface area contributed by atoms with Crippen molar-refractivity contribution in [3.8, 4) is 0 Å². The topological polar surface area (TPSA) is 158 Å². The van der Waals surface area contributed by atoms with Crippen LogP contribution in [0.3, 0.4) is 0 Å². The Bertz CT molecular complexity index is 352. The van der Waals surface area contributed by atoms with Gasteiger partial charge in [0.05, 0.1) is 10.8 Å². The van der Waals surface area contributed by atoms with Gasteiger partial charge in [-0.2, -0.15) is 0 Å². The molecule has 0 aromatic heterocycles. The Hall–Kier alpha value is -1.38. The van der Waals surface area contributed by atoms with Crippen LogP contribution in [0.25, 0.3) is 0 Å². The molecule has 0 aliphatic carbocycles. The normalized spacial score (nSPS) is 13.9. The van der Waals surface area contributed by atoms with Gasteiger partial charge in [0.2, 0.25) is 6.29 Å². The zero-order valence-corrected chi connectivity index (χ0v) is 12.8. The molecule has 0 aliphatic heterocycles. The number of unbranched alkanes of at least 4 members (excludes halogenated alkanes) is 1. The summed E-state index contributed by atoms with van der Waals surface area (Å²) < 4.78 is 9.44. The van der Waals surface area contributed by atoms with Gasteiger partial charge >= 0.3 is 11.9 Å².